The van der Waals surface area contributed by atoms with Crippen LogP contribution in [0.4, 0.5) is 0 Å². The molecule has 0 amide bonds. The van der Waals surface area contributed by atoms with Gasteiger partial charge in [0.15, 0.2) is 11.5 Å². The first kappa shape index (κ1) is 17.9. The van der Waals surface area contributed by atoms with E-state index in [9.17, 15) is 0 Å². The van der Waals surface area contributed by atoms with Gasteiger partial charge in [0.1, 0.15) is 6.61 Å². The zero-order valence-electron chi connectivity index (χ0n) is 15.1. The summed E-state index contributed by atoms with van der Waals surface area (Å²) in [6, 6.07) is 16.0. The summed E-state index contributed by atoms with van der Waals surface area (Å²) in [4.78, 5) is 8.35. The van der Waals surface area contributed by atoms with Crippen molar-refractivity contribution in [2.24, 2.45) is 0 Å². The molecule has 5 heteroatoms. The first-order valence-electron chi connectivity index (χ1n) is 8.59. The Kier molecular flexibility index (Phi) is 6.17. The van der Waals surface area contributed by atoms with Gasteiger partial charge >= 0.3 is 0 Å². The van der Waals surface area contributed by atoms with Crippen LogP contribution in [0.5, 0.6) is 11.5 Å². The number of nitrogens with zero attached hydrogens (tertiary/aromatic N) is 2. The van der Waals surface area contributed by atoms with E-state index in [4.69, 9.17) is 9.47 Å². The molecule has 0 spiro atoms. The number of hydrogen-bond acceptors (Lipinski definition) is 5. The topological polar surface area (TPSA) is 56.3 Å². The number of rotatable bonds is 8. The molecule has 3 rings (SSSR count). The zero-order chi connectivity index (χ0) is 18.2. The van der Waals surface area contributed by atoms with Gasteiger partial charge < -0.3 is 14.8 Å². The highest BCUT2D eigenvalue weighted by molar-refractivity contribution is 5.44. The van der Waals surface area contributed by atoms with E-state index in [0.29, 0.717) is 13.2 Å². The van der Waals surface area contributed by atoms with Crippen molar-refractivity contribution in [1.82, 2.24) is 15.3 Å². The lowest BCUT2D eigenvalue weighted by Crippen LogP contribution is -2.18. The van der Waals surface area contributed by atoms with Crippen LogP contribution in [0.25, 0.3) is 0 Å². The second-order valence-corrected chi connectivity index (χ2v) is 5.98. The van der Waals surface area contributed by atoms with Crippen molar-refractivity contribution >= 4 is 0 Å². The highest BCUT2D eigenvalue weighted by Crippen LogP contribution is 2.31. The van der Waals surface area contributed by atoms with Gasteiger partial charge in [-0.05, 0) is 54.4 Å². The summed E-state index contributed by atoms with van der Waals surface area (Å²) in [7, 11) is 1.66. The third-order valence-electron chi connectivity index (χ3n) is 4.15. The Labute approximate surface area is 154 Å². The molecule has 0 saturated carbocycles. The molecule has 0 aliphatic rings. The normalized spacial score (nSPS) is 11.8. The lowest BCUT2D eigenvalue weighted by atomic mass is 10.1. The maximum absolute atomic E-state index is 5.89. The van der Waals surface area contributed by atoms with Crippen LogP contribution in [0.2, 0.25) is 0 Å². The molecule has 0 fully saturated rings. The smallest absolute Gasteiger partial charge is 0.161 e. The van der Waals surface area contributed by atoms with Crippen LogP contribution in [0.1, 0.15) is 29.8 Å². The van der Waals surface area contributed by atoms with Crippen molar-refractivity contribution in [2.45, 2.75) is 26.1 Å². The summed E-state index contributed by atoms with van der Waals surface area (Å²) in [5.74, 6) is 1.45. The van der Waals surface area contributed by atoms with E-state index in [1.807, 2.05) is 42.5 Å². The van der Waals surface area contributed by atoms with Crippen molar-refractivity contribution in [2.75, 3.05) is 7.11 Å². The van der Waals surface area contributed by atoms with Crippen LogP contribution in [0.15, 0.2) is 67.1 Å². The minimum atomic E-state index is 0.167. The van der Waals surface area contributed by atoms with Gasteiger partial charge in [0, 0.05) is 31.2 Å². The Bertz CT molecular complexity index is 810. The molecule has 2 aromatic heterocycles. The van der Waals surface area contributed by atoms with E-state index in [1.54, 1.807) is 25.7 Å². The summed E-state index contributed by atoms with van der Waals surface area (Å²) in [5.41, 5.74) is 3.22. The zero-order valence-corrected chi connectivity index (χ0v) is 15.1. The summed E-state index contributed by atoms with van der Waals surface area (Å²) >= 11 is 0. The highest BCUT2D eigenvalue weighted by atomic mass is 16.5. The number of benzene rings is 1. The lowest BCUT2D eigenvalue weighted by Gasteiger charge is -2.17. The lowest BCUT2D eigenvalue weighted by molar-refractivity contribution is 0.284. The molecule has 2 heterocycles. The van der Waals surface area contributed by atoms with Gasteiger partial charge in [-0.3, -0.25) is 9.97 Å². The maximum Gasteiger partial charge on any atom is 0.161 e. The summed E-state index contributed by atoms with van der Waals surface area (Å²) in [5, 5.41) is 3.48. The average Bonchev–Trinajstić information content (AvgIpc) is 2.72. The molecular weight excluding hydrogens is 326 g/mol. The second-order valence-electron chi connectivity index (χ2n) is 5.98. The molecule has 0 bridgehead atoms. The van der Waals surface area contributed by atoms with Gasteiger partial charge in [-0.1, -0.05) is 12.1 Å². The monoisotopic (exact) mass is 349 g/mol. The Morgan fingerprint density at radius 2 is 1.85 bits per heavy atom. The van der Waals surface area contributed by atoms with Crippen LogP contribution in [-0.4, -0.2) is 17.1 Å². The number of methoxy groups -OCH3 is 1. The third-order valence-corrected chi connectivity index (χ3v) is 4.15. The van der Waals surface area contributed by atoms with Crippen LogP contribution in [0.3, 0.4) is 0 Å². The van der Waals surface area contributed by atoms with Gasteiger partial charge in [0.05, 0.1) is 12.8 Å². The van der Waals surface area contributed by atoms with Crippen molar-refractivity contribution in [3.63, 3.8) is 0 Å². The van der Waals surface area contributed by atoms with Gasteiger partial charge in [-0.25, -0.2) is 0 Å². The molecule has 1 atom stereocenters. The Morgan fingerprint density at radius 1 is 1.00 bits per heavy atom. The first-order valence-corrected chi connectivity index (χ1v) is 8.59. The summed E-state index contributed by atoms with van der Waals surface area (Å²) < 4.78 is 11.4. The van der Waals surface area contributed by atoms with E-state index in [1.165, 1.54) is 0 Å². The van der Waals surface area contributed by atoms with Crippen molar-refractivity contribution in [3.05, 3.63) is 83.9 Å². The largest absolute Gasteiger partial charge is 0.493 e. The second kappa shape index (κ2) is 8.97. The van der Waals surface area contributed by atoms with E-state index in [0.717, 1.165) is 28.3 Å². The third kappa shape index (κ3) is 4.80. The molecule has 1 N–H and O–H groups in total. The maximum atomic E-state index is 5.89. The van der Waals surface area contributed by atoms with Crippen molar-refractivity contribution < 1.29 is 9.47 Å². The molecule has 0 radical (unpaired) electrons. The summed E-state index contributed by atoms with van der Waals surface area (Å²) in [6.07, 6.45) is 5.32. The van der Waals surface area contributed by atoms with Gasteiger partial charge in [-0.2, -0.15) is 0 Å². The van der Waals surface area contributed by atoms with Gasteiger partial charge in [0.2, 0.25) is 0 Å². The highest BCUT2D eigenvalue weighted by Gasteiger charge is 2.11. The molecular formula is C21H23N3O2. The molecule has 134 valence electrons. The fourth-order valence-corrected chi connectivity index (χ4v) is 2.59. The Balaban J connectivity index is 1.63. The average molecular weight is 349 g/mol. The number of aromatic nitrogens is 2. The van der Waals surface area contributed by atoms with Crippen molar-refractivity contribution in [3.8, 4) is 11.5 Å². The van der Waals surface area contributed by atoms with Gasteiger partial charge in [-0.15, -0.1) is 0 Å². The SMILES string of the molecule is COc1cc(C(C)NCc2ccccn2)ccc1OCc1ccncc1. The molecule has 1 aromatic carbocycles. The Hall–Kier alpha value is -2.92. The molecule has 26 heavy (non-hydrogen) atoms. The standard InChI is InChI=1S/C21H23N3O2/c1-16(24-14-19-5-3-4-10-23-19)18-6-7-20(21(13-18)25-2)26-15-17-8-11-22-12-9-17/h3-13,16,24H,14-15H2,1-2H3. The fraction of sp³-hybridized carbons (Fsp3) is 0.238. The van der Waals surface area contributed by atoms with Crippen LogP contribution >= 0.6 is 0 Å². The van der Waals surface area contributed by atoms with Crippen LogP contribution < -0.4 is 14.8 Å². The molecule has 0 saturated heterocycles. The minimum Gasteiger partial charge on any atom is -0.493 e. The quantitative estimate of drug-likeness (QED) is 0.668. The molecule has 1 unspecified atom stereocenters. The molecule has 3 aromatic rings. The predicted molar refractivity (Wildman–Crippen MR) is 101 cm³/mol. The number of hydrogen-bond donors (Lipinski definition) is 1. The van der Waals surface area contributed by atoms with Crippen molar-refractivity contribution in [1.29, 1.82) is 0 Å². The summed E-state index contributed by atoms with van der Waals surface area (Å²) in [6.45, 7) is 3.31. The molecule has 0 aliphatic carbocycles. The first-order chi connectivity index (χ1) is 12.8. The van der Waals surface area contributed by atoms with Crippen LogP contribution in [0, 0.1) is 0 Å². The van der Waals surface area contributed by atoms with Crippen LogP contribution in [-0.2, 0) is 13.2 Å². The predicted octanol–water partition coefficient (Wildman–Crippen LogP) is 3.92. The molecule has 0 aliphatic heterocycles. The molecule has 5 nitrogen and oxygen atoms in total. The van der Waals surface area contributed by atoms with E-state index >= 15 is 0 Å². The Morgan fingerprint density at radius 3 is 2.58 bits per heavy atom. The number of ether oxygens (including phenoxy) is 2. The number of nitrogens with one attached hydrogen (secondary N) is 1. The van der Waals surface area contributed by atoms with E-state index in [2.05, 4.69) is 28.3 Å². The minimum absolute atomic E-state index is 0.167. The van der Waals surface area contributed by atoms with E-state index < -0.39 is 0 Å². The fourth-order valence-electron chi connectivity index (χ4n) is 2.59. The van der Waals surface area contributed by atoms with E-state index in [-0.39, 0.29) is 6.04 Å². The number of pyridine rings is 2. The van der Waals surface area contributed by atoms with Gasteiger partial charge in [0.25, 0.3) is 0 Å².